The fourth-order valence-corrected chi connectivity index (χ4v) is 3.66. The molecule has 3 aromatic carbocycles. The summed E-state index contributed by atoms with van der Waals surface area (Å²) in [5, 5.41) is 13.2. The Morgan fingerprint density at radius 1 is 1.00 bits per heavy atom. The second kappa shape index (κ2) is 10.1. The molecule has 1 N–H and O–H groups in total. The summed E-state index contributed by atoms with van der Waals surface area (Å²) in [6, 6.07) is 16.8. The minimum absolute atomic E-state index is 0.0393. The maximum atomic E-state index is 13.1. The van der Waals surface area contributed by atoms with Crippen LogP contribution >= 0.6 is 0 Å². The molecular formula is C26H21N3O7. The van der Waals surface area contributed by atoms with E-state index in [0.29, 0.717) is 28.6 Å². The molecule has 0 bridgehead atoms. The van der Waals surface area contributed by atoms with Gasteiger partial charge in [0.05, 0.1) is 17.7 Å². The Kier molecular flexibility index (Phi) is 6.77. The van der Waals surface area contributed by atoms with Crippen molar-refractivity contribution in [3.63, 3.8) is 0 Å². The van der Waals surface area contributed by atoms with E-state index in [-0.39, 0.29) is 16.9 Å². The van der Waals surface area contributed by atoms with Crippen molar-refractivity contribution in [2.75, 3.05) is 12.0 Å². The van der Waals surface area contributed by atoms with Crippen LogP contribution < -0.4 is 19.7 Å². The highest BCUT2D eigenvalue weighted by Crippen LogP contribution is 2.31. The van der Waals surface area contributed by atoms with Crippen molar-refractivity contribution in [2.24, 2.45) is 0 Å². The summed E-state index contributed by atoms with van der Waals surface area (Å²) in [6.07, 6.45) is 1.31. The Labute approximate surface area is 205 Å². The Morgan fingerprint density at radius 3 is 2.50 bits per heavy atom. The van der Waals surface area contributed by atoms with Gasteiger partial charge in [0.2, 0.25) is 0 Å². The zero-order chi connectivity index (χ0) is 25.8. The number of methoxy groups -OCH3 is 1. The summed E-state index contributed by atoms with van der Waals surface area (Å²) < 4.78 is 11.3. The van der Waals surface area contributed by atoms with Crippen molar-refractivity contribution in [1.29, 1.82) is 0 Å². The van der Waals surface area contributed by atoms with Crippen LogP contribution in [0.4, 0.5) is 16.2 Å². The number of aryl methyl sites for hydroxylation is 1. The Balaban J connectivity index is 1.61. The summed E-state index contributed by atoms with van der Waals surface area (Å²) >= 11 is 0. The molecule has 4 rings (SSSR count). The smallest absolute Gasteiger partial charge is 0.335 e. The van der Waals surface area contributed by atoms with Gasteiger partial charge in [-0.15, -0.1) is 0 Å². The molecular weight excluding hydrogens is 466 g/mol. The van der Waals surface area contributed by atoms with E-state index >= 15 is 0 Å². The third-order valence-electron chi connectivity index (χ3n) is 5.38. The van der Waals surface area contributed by atoms with Gasteiger partial charge in [0.15, 0.2) is 11.5 Å². The van der Waals surface area contributed by atoms with Gasteiger partial charge < -0.3 is 9.47 Å². The number of non-ortho nitro benzene ring substituents is 1. The Bertz CT molecular complexity index is 1410. The molecule has 182 valence electrons. The second-order valence-corrected chi connectivity index (χ2v) is 7.92. The number of urea groups is 1. The topological polar surface area (TPSA) is 128 Å². The highest BCUT2D eigenvalue weighted by atomic mass is 16.6. The number of hydrogen-bond acceptors (Lipinski definition) is 7. The molecule has 3 aromatic rings. The van der Waals surface area contributed by atoms with Crippen molar-refractivity contribution in [1.82, 2.24) is 5.32 Å². The highest BCUT2D eigenvalue weighted by Gasteiger charge is 2.37. The van der Waals surface area contributed by atoms with Gasteiger partial charge in [0, 0.05) is 12.1 Å². The Hall–Kier alpha value is -4.99. The monoisotopic (exact) mass is 487 g/mol. The van der Waals surface area contributed by atoms with Crippen molar-refractivity contribution < 1.29 is 28.8 Å². The highest BCUT2D eigenvalue weighted by molar-refractivity contribution is 6.39. The third-order valence-corrected chi connectivity index (χ3v) is 5.38. The number of nitrogens with one attached hydrogen (secondary N) is 1. The molecule has 0 aromatic heterocycles. The fourth-order valence-electron chi connectivity index (χ4n) is 3.66. The molecule has 0 unspecified atom stereocenters. The van der Waals surface area contributed by atoms with Crippen molar-refractivity contribution in [3.05, 3.63) is 99.1 Å². The molecule has 0 spiro atoms. The van der Waals surface area contributed by atoms with E-state index in [1.54, 1.807) is 18.2 Å². The van der Waals surface area contributed by atoms with Gasteiger partial charge in [0.1, 0.15) is 12.2 Å². The van der Waals surface area contributed by atoms with Gasteiger partial charge in [-0.1, -0.05) is 42.0 Å². The van der Waals surface area contributed by atoms with Crippen LogP contribution in [0.5, 0.6) is 11.5 Å². The molecule has 10 heteroatoms. The SMILES string of the molecule is COc1cc(/C=C2/C(=O)NC(=O)N(c3cccc([N+](=O)[O-])c3)C2=O)ccc1OCc1cccc(C)c1. The van der Waals surface area contributed by atoms with Crippen molar-refractivity contribution in [3.8, 4) is 11.5 Å². The number of imide groups is 2. The van der Waals surface area contributed by atoms with E-state index in [0.717, 1.165) is 17.2 Å². The maximum absolute atomic E-state index is 13.1. The maximum Gasteiger partial charge on any atom is 0.335 e. The first-order valence-corrected chi connectivity index (χ1v) is 10.8. The number of nitro groups is 1. The molecule has 0 aliphatic carbocycles. The van der Waals surface area contributed by atoms with Crippen LogP contribution in [0.3, 0.4) is 0 Å². The first-order chi connectivity index (χ1) is 17.3. The number of benzene rings is 3. The molecule has 0 saturated carbocycles. The summed E-state index contributed by atoms with van der Waals surface area (Å²) in [6.45, 7) is 2.31. The van der Waals surface area contributed by atoms with E-state index in [1.165, 1.54) is 31.4 Å². The number of carbonyl (C=O) groups excluding carboxylic acids is 3. The normalized spacial score (nSPS) is 14.6. The van der Waals surface area contributed by atoms with Crippen LogP contribution in [0.1, 0.15) is 16.7 Å². The predicted octanol–water partition coefficient (Wildman–Crippen LogP) is 4.16. The number of hydrogen-bond donors (Lipinski definition) is 1. The fraction of sp³-hybridized carbons (Fsp3) is 0.115. The minimum Gasteiger partial charge on any atom is -0.493 e. The number of carbonyl (C=O) groups is 3. The van der Waals surface area contributed by atoms with E-state index in [1.807, 2.05) is 31.2 Å². The number of nitro benzene ring substituents is 1. The lowest BCUT2D eigenvalue weighted by Crippen LogP contribution is -2.54. The summed E-state index contributed by atoms with van der Waals surface area (Å²) in [7, 11) is 1.47. The average Bonchev–Trinajstić information content (AvgIpc) is 2.85. The molecule has 4 amide bonds. The lowest BCUT2D eigenvalue weighted by Gasteiger charge is -2.26. The molecule has 10 nitrogen and oxygen atoms in total. The second-order valence-electron chi connectivity index (χ2n) is 7.92. The summed E-state index contributed by atoms with van der Waals surface area (Å²) in [4.78, 5) is 49.1. The van der Waals surface area contributed by atoms with Crippen molar-refractivity contribution in [2.45, 2.75) is 13.5 Å². The number of ether oxygens (including phenoxy) is 2. The van der Waals surface area contributed by atoms with Crippen molar-refractivity contribution >= 4 is 35.3 Å². The molecule has 36 heavy (non-hydrogen) atoms. The predicted molar refractivity (Wildman–Crippen MR) is 131 cm³/mol. The molecule has 1 aliphatic heterocycles. The summed E-state index contributed by atoms with van der Waals surface area (Å²) in [5.74, 6) is -0.949. The lowest BCUT2D eigenvalue weighted by molar-refractivity contribution is -0.384. The zero-order valence-electron chi connectivity index (χ0n) is 19.4. The Morgan fingerprint density at radius 2 is 1.78 bits per heavy atom. The van der Waals surface area contributed by atoms with Crippen LogP contribution in [-0.2, 0) is 16.2 Å². The zero-order valence-corrected chi connectivity index (χ0v) is 19.4. The molecule has 1 saturated heterocycles. The lowest BCUT2D eigenvalue weighted by atomic mass is 10.1. The number of anilines is 1. The standard InChI is InChI=1S/C26H21N3O7/c1-16-5-3-6-18(11-16)15-36-22-10-9-17(13-23(22)35-2)12-21-24(30)27-26(32)28(25(21)31)19-7-4-8-20(14-19)29(33)34/h3-14H,15H2,1-2H3,(H,27,30,32)/b21-12-. The molecule has 0 atom stereocenters. The van der Waals surface area contributed by atoms with Crippen LogP contribution in [0, 0.1) is 17.0 Å². The van der Waals surface area contributed by atoms with Gasteiger partial charge in [-0.25, -0.2) is 9.69 Å². The van der Waals surface area contributed by atoms with Crippen LogP contribution in [0.25, 0.3) is 6.08 Å². The molecule has 1 fully saturated rings. The van der Waals surface area contributed by atoms with E-state index in [2.05, 4.69) is 5.32 Å². The van der Waals surface area contributed by atoms with Gasteiger partial charge in [-0.2, -0.15) is 0 Å². The average molecular weight is 487 g/mol. The van der Waals surface area contributed by atoms with Gasteiger partial charge in [0.25, 0.3) is 17.5 Å². The number of rotatable bonds is 7. The first-order valence-electron chi connectivity index (χ1n) is 10.8. The van der Waals surface area contributed by atoms with Crippen LogP contribution in [0.15, 0.2) is 72.3 Å². The quantitative estimate of drug-likeness (QED) is 0.229. The van der Waals surface area contributed by atoms with E-state index < -0.39 is 22.8 Å². The van der Waals surface area contributed by atoms with Gasteiger partial charge in [-0.3, -0.25) is 25.0 Å². The molecule has 1 aliphatic rings. The molecule has 0 radical (unpaired) electrons. The third kappa shape index (κ3) is 5.07. The minimum atomic E-state index is -1.000. The summed E-state index contributed by atoms with van der Waals surface area (Å²) in [5.41, 5.74) is 1.87. The van der Waals surface area contributed by atoms with Gasteiger partial charge in [-0.05, 0) is 42.3 Å². The molecule has 1 heterocycles. The number of barbiturate groups is 1. The van der Waals surface area contributed by atoms with Crippen LogP contribution in [-0.4, -0.2) is 29.9 Å². The number of amides is 4. The first kappa shape index (κ1) is 24.1. The largest absolute Gasteiger partial charge is 0.493 e. The van der Waals surface area contributed by atoms with E-state index in [4.69, 9.17) is 9.47 Å². The van der Waals surface area contributed by atoms with E-state index in [9.17, 15) is 24.5 Å². The van der Waals surface area contributed by atoms with Gasteiger partial charge >= 0.3 is 6.03 Å². The van der Waals surface area contributed by atoms with Crippen LogP contribution in [0.2, 0.25) is 0 Å². The number of nitrogens with zero attached hydrogens (tertiary/aromatic N) is 2.